The molecule has 3 nitrogen and oxygen atoms in total. The number of hydrogen-bond donors (Lipinski definition) is 0. The lowest BCUT2D eigenvalue weighted by molar-refractivity contribution is 0.669. The molecule has 0 atom stereocenters. The molecule has 0 radical (unpaired) electrons. The third kappa shape index (κ3) is 5.44. The van der Waals surface area contributed by atoms with Crippen LogP contribution in [-0.2, 0) is 0 Å². The summed E-state index contributed by atoms with van der Waals surface area (Å²) in [5, 5.41) is 9.25. The Balaban J connectivity index is 1.06. The summed E-state index contributed by atoms with van der Waals surface area (Å²) in [6.45, 7) is 0. The molecule has 0 unspecified atom stereocenters. The lowest BCUT2D eigenvalue weighted by Crippen LogP contribution is -2.11. The number of benzene rings is 10. The highest BCUT2D eigenvalue weighted by Crippen LogP contribution is 2.48. The molecular weight excluding hydrogens is 719 g/mol. The van der Waals surface area contributed by atoms with Crippen LogP contribution in [0.1, 0.15) is 0 Å². The first kappa shape index (κ1) is 33.3. The van der Waals surface area contributed by atoms with Gasteiger partial charge in [-0.05, 0) is 98.6 Å². The predicted molar refractivity (Wildman–Crippen MR) is 247 cm³/mol. The minimum Gasteiger partial charge on any atom is -0.456 e. The zero-order chi connectivity index (χ0) is 38.9. The molecule has 0 aliphatic carbocycles. The molecule has 0 fully saturated rings. The van der Waals surface area contributed by atoms with Gasteiger partial charge in [0.05, 0.1) is 16.8 Å². The summed E-state index contributed by atoms with van der Waals surface area (Å²) in [6.07, 6.45) is 0. The van der Waals surface area contributed by atoms with E-state index in [-0.39, 0.29) is 0 Å². The average molecular weight is 754 g/mol. The second-order valence-corrected chi connectivity index (χ2v) is 15.2. The normalized spacial score (nSPS) is 11.7. The summed E-state index contributed by atoms with van der Waals surface area (Å²) >= 11 is 0. The van der Waals surface area contributed by atoms with Crippen LogP contribution in [-0.4, -0.2) is 0 Å². The van der Waals surface area contributed by atoms with Crippen LogP contribution in [0.4, 0.5) is 17.1 Å². The fourth-order valence-electron chi connectivity index (χ4n) is 9.03. The van der Waals surface area contributed by atoms with Gasteiger partial charge in [0.1, 0.15) is 22.3 Å². The van der Waals surface area contributed by atoms with Crippen LogP contribution in [0.5, 0.6) is 0 Å². The molecule has 10 aromatic carbocycles. The van der Waals surface area contributed by atoms with Crippen molar-refractivity contribution in [1.82, 2.24) is 0 Å². The Bertz CT molecular complexity index is 3540. The number of furan rings is 2. The SMILES string of the molecule is c1ccc(-c2ccc(-c3ccc(N(c4ccc(-c5ccc6c(c5)oc5ccccc56)cc4)c4cccc5c4ccc4ccccc45)c4c3oc3ccccc34)cc2)cc1. The Hall–Kier alpha value is -7.88. The van der Waals surface area contributed by atoms with E-state index in [1.54, 1.807) is 0 Å². The van der Waals surface area contributed by atoms with Crippen LogP contribution in [0.3, 0.4) is 0 Å². The van der Waals surface area contributed by atoms with Gasteiger partial charge >= 0.3 is 0 Å². The molecule has 12 rings (SSSR count). The van der Waals surface area contributed by atoms with E-state index in [1.165, 1.54) is 32.7 Å². The smallest absolute Gasteiger partial charge is 0.145 e. The van der Waals surface area contributed by atoms with Crippen LogP contribution in [0.2, 0.25) is 0 Å². The van der Waals surface area contributed by atoms with Gasteiger partial charge < -0.3 is 13.7 Å². The molecular formula is C56H35NO2. The van der Waals surface area contributed by atoms with Crippen LogP contribution in [0, 0.1) is 0 Å². The molecule has 0 amide bonds. The highest BCUT2D eigenvalue weighted by atomic mass is 16.3. The van der Waals surface area contributed by atoms with Crippen molar-refractivity contribution in [2.45, 2.75) is 0 Å². The molecule has 2 heterocycles. The molecule has 2 aromatic heterocycles. The molecule has 0 saturated heterocycles. The van der Waals surface area contributed by atoms with Gasteiger partial charge in [-0.2, -0.15) is 0 Å². The van der Waals surface area contributed by atoms with Gasteiger partial charge in [-0.25, -0.2) is 0 Å². The van der Waals surface area contributed by atoms with Crippen LogP contribution >= 0.6 is 0 Å². The second-order valence-electron chi connectivity index (χ2n) is 15.2. The lowest BCUT2D eigenvalue weighted by atomic mass is 9.96. The minimum atomic E-state index is 0.859. The Morgan fingerprint density at radius 2 is 0.898 bits per heavy atom. The maximum Gasteiger partial charge on any atom is 0.145 e. The molecule has 12 aromatic rings. The van der Waals surface area contributed by atoms with Gasteiger partial charge in [-0.15, -0.1) is 0 Å². The highest BCUT2D eigenvalue weighted by Gasteiger charge is 2.24. The average Bonchev–Trinajstić information content (AvgIpc) is 3.89. The first-order chi connectivity index (χ1) is 29.2. The lowest BCUT2D eigenvalue weighted by Gasteiger charge is -2.28. The molecule has 0 aliphatic rings. The minimum absolute atomic E-state index is 0.859. The standard InChI is InChI=1S/C56H35NO2/c1-2-11-36(12-3-1)37-21-23-40(24-22-37)44-33-34-51(55-49-16-7-9-20-53(49)59-56(44)55)57(50-18-10-17-45-43-14-5-4-13-39(43)27-31-46(45)50)42-29-25-38(26-30-42)41-28-32-48-47-15-6-8-19-52(47)58-54(48)35-41/h1-35H. The van der Waals surface area contributed by atoms with Crippen molar-refractivity contribution in [3.05, 3.63) is 212 Å². The van der Waals surface area contributed by atoms with E-state index in [1.807, 2.05) is 18.2 Å². The van der Waals surface area contributed by atoms with E-state index in [9.17, 15) is 0 Å². The first-order valence-electron chi connectivity index (χ1n) is 20.1. The topological polar surface area (TPSA) is 29.5 Å². The van der Waals surface area contributed by atoms with Crippen LogP contribution < -0.4 is 4.90 Å². The van der Waals surface area contributed by atoms with Crippen molar-refractivity contribution in [3.63, 3.8) is 0 Å². The van der Waals surface area contributed by atoms with Crippen molar-refractivity contribution in [2.24, 2.45) is 0 Å². The van der Waals surface area contributed by atoms with Gasteiger partial charge in [0.25, 0.3) is 0 Å². The quantitative estimate of drug-likeness (QED) is 0.158. The largest absolute Gasteiger partial charge is 0.456 e. The highest BCUT2D eigenvalue weighted by molar-refractivity contribution is 6.19. The van der Waals surface area contributed by atoms with E-state index in [0.29, 0.717) is 0 Å². The van der Waals surface area contributed by atoms with E-state index in [4.69, 9.17) is 8.83 Å². The third-order valence-corrected chi connectivity index (χ3v) is 11.9. The molecule has 0 spiro atoms. The van der Waals surface area contributed by atoms with Gasteiger partial charge in [0.15, 0.2) is 0 Å². The molecule has 3 heteroatoms. The Morgan fingerprint density at radius 3 is 1.73 bits per heavy atom. The third-order valence-electron chi connectivity index (χ3n) is 11.9. The van der Waals surface area contributed by atoms with Crippen molar-refractivity contribution in [3.8, 4) is 33.4 Å². The summed E-state index contributed by atoms with van der Waals surface area (Å²) in [6, 6.07) is 75.7. The summed E-state index contributed by atoms with van der Waals surface area (Å²) < 4.78 is 13.1. The van der Waals surface area contributed by atoms with Gasteiger partial charge in [0.2, 0.25) is 0 Å². The van der Waals surface area contributed by atoms with Crippen molar-refractivity contribution >= 4 is 82.5 Å². The first-order valence-corrected chi connectivity index (χ1v) is 20.1. The molecule has 59 heavy (non-hydrogen) atoms. The van der Waals surface area contributed by atoms with E-state index in [2.05, 4.69) is 199 Å². The zero-order valence-electron chi connectivity index (χ0n) is 32.0. The van der Waals surface area contributed by atoms with Crippen LogP contribution in [0.15, 0.2) is 221 Å². The van der Waals surface area contributed by atoms with Crippen molar-refractivity contribution in [1.29, 1.82) is 0 Å². The summed E-state index contributed by atoms with van der Waals surface area (Å²) in [7, 11) is 0. The Morgan fingerprint density at radius 1 is 0.305 bits per heavy atom. The van der Waals surface area contributed by atoms with E-state index >= 15 is 0 Å². The summed E-state index contributed by atoms with van der Waals surface area (Å²) in [5.74, 6) is 0. The van der Waals surface area contributed by atoms with Crippen LogP contribution in [0.25, 0.3) is 98.8 Å². The Kier molecular flexibility index (Phi) is 7.54. The van der Waals surface area contributed by atoms with Gasteiger partial charge in [-0.1, -0.05) is 158 Å². The van der Waals surface area contributed by atoms with Gasteiger partial charge in [-0.3, -0.25) is 0 Å². The van der Waals surface area contributed by atoms with Gasteiger partial charge in [0, 0.05) is 32.8 Å². The Labute approximate surface area is 340 Å². The molecule has 0 bridgehead atoms. The summed E-state index contributed by atoms with van der Waals surface area (Å²) in [4.78, 5) is 2.41. The number of para-hydroxylation sites is 2. The van der Waals surface area contributed by atoms with E-state index < -0.39 is 0 Å². The fourth-order valence-corrected chi connectivity index (χ4v) is 9.03. The maximum absolute atomic E-state index is 6.86. The number of fused-ring (bicyclic) bond motifs is 9. The molecule has 0 saturated carbocycles. The van der Waals surface area contributed by atoms with Crippen molar-refractivity contribution < 1.29 is 8.83 Å². The predicted octanol–water partition coefficient (Wildman–Crippen LogP) is 16.3. The molecule has 0 N–H and O–H groups in total. The number of rotatable bonds is 6. The monoisotopic (exact) mass is 753 g/mol. The number of nitrogens with zero attached hydrogens (tertiary/aromatic N) is 1. The van der Waals surface area contributed by atoms with E-state index in [0.717, 1.165) is 83.2 Å². The zero-order valence-corrected chi connectivity index (χ0v) is 32.0. The molecule has 0 aliphatic heterocycles. The maximum atomic E-state index is 6.86. The number of hydrogen-bond acceptors (Lipinski definition) is 3. The number of anilines is 3. The molecule has 276 valence electrons. The fraction of sp³-hybridized carbons (Fsp3) is 0. The summed E-state index contributed by atoms with van der Waals surface area (Å²) in [5.41, 5.74) is 13.5. The van der Waals surface area contributed by atoms with Crippen molar-refractivity contribution in [2.75, 3.05) is 4.90 Å². The second kappa shape index (κ2) is 13.4.